The van der Waals surface area contributed by atoms with Crippen molar-refractivity contribution in [3.8, 4) is 0 Å². The molecule has 0 aliphatic carbocycles. The number of esters is 1. The van der Waals surface area contributed by atoms with Crippen LogP contribution in [0.25, 0.3) is 0 Å². The molecule has 0 aromatic carbocycles. The number of carbonyl (C=O) groups excluding carboxylic acids is 2. The molecule has 0 unspecified atom stereocenters. The van der Waals surface area contributed by atoms with Gasteiger partial charge in [0.1, 0.15) is 11.6 Å². The van der Waals surface area contributed by atoms with Crippen molar-refractivity contribution in [1.82, 2.24) is 4.90 Å². The molecule has 0 spiro atoms. The van der Waals surface area contributed by atoms with E-state index in [0.29, 0.717) is 12.8 Å². The van der Waals surface area contributed by atoms with Crippen LogP contribution in [-0.4, -0.2) is 28.4 Å². The summed E-state index contributed by atoms with van der Waals surface area (Å²) in [6.45, 7) is 8.97. The summed E-state index contributed by atoms with van der Waals surface area (Å²) in [6.07, 6.45) is 5.68. The standard InChI is InChI=1S/C13H19NO3/c1-5-6-9-14-10(7-8-11(14)15)12(16)17-13(2,3)4/h5-6,9-10H,1,7-8H2,2-4H3/b9-6+/t10-/m0/s1. The fraction of sp³-hybridized carbons (Fsp3) is 0.538. The van der Waals surface area contributed by atoms with E-state index in [1.807, 2.05) is 20.8 Å². The van der Waals surface area contributed by atoms with Crippen LogP contribution in [0.2, 0.25) is 0 Å². The molecular formula is C13H19NO3. The average molecular weight is 237 g/mol. The molecule has 0 N–H and O–H groups in total. The van der Waals surface area contributed by atoms with Crippen molar-refractivity contribution in [2.45, 2.75) is 45.3 Å². The van der Waals surface area contributed by atoms with Crippen molar-refractivity contribution in [1.29, 1.82) is 0 Å². The Kier molecular flexibility index (Phi) is 4.10. The summed E-state index contributed by atoms with van der Waals surface area (Å²) in [4.78, 5) is 24.9. The van der Waals surface area contributed by atoms with Gasteiger partial charge in [-0.2, -0.15) is 0 Å². The van der Waals surface area contributed by atoms with Crippen molar-refractivity contribution in [2.24, 2.45) is 0 Å². The van der Waals surface area contributed by atoms with Gasteiger partial charge in [0.2, 0.25) is 5.91 Å². The summed E-state index contributed by atoms with van der Waals surface area (Å²) in [5.41, 5.74) is -0.531. The highest BCUT2D eigenvalue weighted by molar-refractivity contribution is 5.89. The Labute approximate surface area is 102 Å². The van der Waals surface area contributed by atoms with Crippen LogP contribution in [-0.2, 0) is 14.3 Å². The van der Waals surface area contributed by atoms with Gasteiger partial charge in [0.25, 0.3) is 0 Å². The molecule has 94 valence electrons. The highest BCUT2D eigenvalue weighted by Crippen LogP contribution is 2.22. The van der Waals surface area contributed by atoms with Gasteiger partial charge in [0, 0.05) is 12.6 Å². The predicted molar refractivity (Wildman–Crippen MR) is 65.1 cm³/mol. The largest absolute Gasteiger partial charge is 0.458 e. The van der Waals surface area contributed by atoms with E-state index in [1.54, 1.807) is 18.4 Å². The van der Waals surface area contributed by atoms with Gasteiger partial charge in [-0.15, -0.1) is 0 Å². The Bertz CT molecular complexity index is 352. The molecule has 1 aliphatic heterocycles. The molecule has 0 saturated carbocycles. The van der Waals surface area contributed by atoms with Gasteiger partial charge >= 0.3 is 5.97 Å². The lowest BCUT2D eigenvalue weighted by molar-refractivity contribution is -0.160. The van der Waals surface area contributed by atoms with Gasteiger partial charge in [-0.3, -0.25) is 4.79 Å². The van der Waals surface area contributed by atoms with Gasteiger partial charge in [0.05, 0.1) is 0 Å². The second kappa shape index (κ2) is 5.17. The summed E-state index contributed by atoms with van der Waals surface area (Å²) in [6, 6.07) is -0.502. The first-order valence-electron chi connectivity index (χ1n) is 5.68. The minimum Gasteiger partial charge on any atom is -0.458 e. The van der Waals surface area contributed by atoms with Crippen LogP contribution in [0.1, 0.15) is 33.6 Å². The summed E-state index contributed by atoms with van der Waals surface area (Å²) in [5.74, 6) is -0.406. The number of hydrogen-bond acceptors (Lipinski definition) is 3. The lowest BCUT2D eigenvalue weighted by Gasteiger charge is -2.25. The quantitative estimate of drug-likeness (QED) is 0.557. The molecular weight excluding hydrogens is 218 g/mol. The van der Waals surface area contributed by atoms with Crippen LogP contribution in [0.4, 0.5) is 0 Å². The van der Waals surface area contributed by atoms with Gasteiger partial charge in [-0.05, 0) is 33.3 Å². The molecule has 1 heterocycles. The minimum atomic E-state index is -0.531. The normalized spacial score (nSPS) is 21.0. The Morgan fingerprint density at radius 2 is 2.18 bits per heavy atom. The summed E-state index contributed by atoms with van der Waals surface area (Å²) in [5, 5.41) is 0. The Balaban J connectivity index is 2.75. The number of carbonyl (C=O) groups is 2. The van der Waals surface area contributed by atoms with E-state index >= 15 is 0 Å². The lowest BCUT2D eigenvalue weighted by atomic mass is 10.1. The maximum Gasteiger partial charge on any atom is 0.329 e. The lowest BCUT2D eigenvalue weighted by Crippen LogP contribution is -2.39. The molecule has 0 radical (unpaired) electrons. The van der Waals surface area contributed by atoms with Crippen molar-refractivity contribution in [3.05, 3.63) is 24.9 Å². The third-order valence-corrected chi connectivity index (χ3v) is 2.32. The maximum atomic E-state index is 11.9. The first kappa shape index (κ1) is 13.5. The van der Waals surface area contributed by atoms with E-state index < -0.39 is 11.6 Å². The number of amides is 1. The first-order chi connectivity index (χ1) is 7.85. The van der Waals surface area contributed by atoms with E-state index in [0.717, 1.165) is 0 Å². The molecule has 0 bridgehead atoms. The van der Waals surface area contributed by atoms with Gasteiger partial charge in [-0.1, -0.05) is 12.7 Å². The summed E-state index contributed by atoms with van der Waals surface area (Å²) in [7, 11) is 0. The highest BCUT2D eigenvalue weighted by atomic mass is 16.6. The zero-order valence-electron chi connectivity index (χ0n) is 10.6. The molecule has 4 nitrogen and oxygen atoms in total. The monoisotopic (exact) mass is 237 g/mol. The van der Waals surface area contributed by atoms with Crippen molar-refractivity contribution in [2.75, 3.05) is 0 Å². The highest BCUT2D eigenvalue weighted by Gasteiger charge is 2.37. The number of hydrogen-bond donors (Lipinski definition) is 0. The van der Waals surface area contributed by atoms with Gasteiger partial charge in [0.15, 0.2) is 0 Å². The number of nitrogens with zero attached hydrogens (tertiary/aromatic N) is 1. The van der Waals surface area contributed by atoms with Gasteiger partial charge < -0.3 is 9.64 Å². The van der Waals surface area contributed by atoms with E-state index in [2.05, 4.69) is 6.58 Å². The zero-order chi connectivity index (χ0) is 13.1. The molecule has 1 atom stereocenters. The van der Waals surface area contributed by atoms with Crippen LogP contribution in [0.3, 0.4) is 0 Å². The maximum absolute atomic E-state index is 11.9. The van der Waals surface area contributed by atoms with Crippen LogP contribution >= 0.6 is 0 Å². The van der Waals surface area contributed by atoms with E-state index in [1.165, 1.54) is 4.90 Å². The predicted octanol–water partition coefficient (Wildman–Crippen LogP) is 2.02. The summed E-state index contributed by atoms with van der Waals surface area (Å²) >= 11 is 0. The number of allylic oxidation sites excluding steroid dienone is 2. The second-order valence-electron chi connectivity index (χ2n) is 4.97. The van der Waals surface area contributed by atoms with Gasteiger partial charge in [-0.25, -0.2) is 4.79 Å². The fourth-order valence-electron chi connectivity index (χ4n) is 1.64. The first-order valence-corrected chi connectivity index (χ1v) is 5.68. The van der Waals surface area contributed by atoms with Crippen molar-refractivity contribution >= 4 is 11.9 Å². The topological polar surface area (TPSA) is 46.6 Å². The molecule has 1 aliphatic rings. The molecule has 0 aromatic heterocycles. The van der Waals surface area contributed by atoms with E-state index in [9.17, 15) is 9.59 Å². The van der Waals surface area contributed by atoms with Crippen molar-refractivity contribution in [3.63, 3.8) is 0 Å². The summed E-state index contributed by atoms with van der Waals surface area (Å²) < 4.78 is 5.29. The van der Waals surface area contributed by atoms with Crippen LogP contribution in [0.15, 0.2) is 24.9 Å². The molecule has 4 heteroatoms. The molecule has 17 heavy (non-hydrogen) atoms. The SMILES string of the molecule is C=C/C=C/N1C(=O)CC[C@H]1C(=O)OC(C)(C)C. The Morgan fingerprint density at radius 1 is 1.53 bits per heavy atom. The van der Waals surface area contributed by atoms with E-state index in [4.69, 9.17) is 4.74 Å². The molecule has 0 aromatic rings. The minimum absolute atomic E-state index is 0.0565. The van der Waals surface area contributed by atoms with Crippen LogP contribution < -0.4 is 0 Å². The van der Waals surface area contributed by atoms with E-state index in [-0.39, 0.29) is 11.9 Å². The second-order valence-corrected chi connectivity index (χ2v) is 4.97. The Hall–Kier alpha value is -1.58. The molecule has 1 fully saturated rings. The molecule has 1 saturated heterocycles. The smallest absolute Gasteiger partial charge is 0.329 e. The molecule has 1 amide bonds. The van der Waals surface area contributed by atoms with Crippen LogP contribution in [0, 0.1) is 0 Å². The zero-order valence-corrected chi connectivity index (χ0v) is 10.6. The Morgan fingerprint density at radius 3 is 2.71 bits per heavy atom. The fourth-order valence-corrected chi connectivity index (χ4v) is 1.64. The third-order valence-electron chi connectivity index (χ3n) is 2.32. The number of ether oxygens (including phenoxy) is 1. The average Bonchev–Trinajstić information content (AvgIpc) is 2.54. The number of rotatable bonds is 3. The third kappa shape index (κ3) is 3.73. The van der Waals surface area contributed by atoms with Crippen LogP contribution in [0.5, 0.6) is 0 Å². The van der Waals surface area contributed by atoms with Crippen molar-refractivity contribution < 1.29 is 14.3 Å². The molecule has 1 rings (SSSR count). The number of likely N-dealkylation sites (tertiary alicyclic amines) is 1.